The lowest BCUT2D eigenvalue weighted by Crippen LogP contribution is -1.92. The van der Waals surface area contributed by atoms with Crippen molar-refractivity contribution in [2.45, 2.75) is 13.3 Å². The third-order valence-corrected chi connectivity index (χ3v) is 3.49. The number of non-ortho nitro benzene ring substituents is 1. The van der Waals surface area contributed by atoms with Crippen molar-refractivity contribution < 1.29 is 4.92 Å². The van der Waals surface area contributed by atoms with Gasteiger partial charge in [-0.05, 0) is 41.0 Å². The summed E-state index contributed by atoms with van der Waals surface area (Å²) in [6, 6.07) is 15.4. The van der Waals surface area contributed by atoms with Gasteiger partial charge in [0.2, 0.25) is 0 Å². The SMILES string of the molecule is CCc1ccc2cc3ccccc3c([N+](=O)[O-])c2c1. The maximum Gasteiger partial charge on any atom is 0.284 e. The number of hydrogen-bond acceptors (Lipinski definition) is 2. The van der Waals surface area contributed by atoms with Crippen LogP contribution in [0.3, 0.4) is 0 Å². The summed E-state index contributed by atoms with van der Waals surface area (Å²) in [5.41, 5.74) is 1.33. The Morgan fingerprint density at radius 2 is 1.74 bits per heavy atom. The van der Waals surface area contributed by atoms with Crippen LogP contribution in [0, 0.1) is 10.1 Å². The van der Waals surface area contributed by atoms with Crippen LogP contribution in [-0.2, 0) is 6.42 Å². The highest BCUT2D eigenvalue weighted by Crippen LogP contribution is 2.34. The van der Waals surface area contributed by atoms with E-state index < -0.39 is 0 Å². The van der Waals surface area contributed by atoms with Crippen molar-refractivity contribution in [2.75, 3.05) is 0 Å². The van der Waals surface area contributed by atoms with E-state index in [9.17, 15) is 10.1 Å². The van der Waals surface area contributed by atoms with Crippen molar-refractivity contribution in [1.29, 1.82) is 0 Å². The van der Waals surface area contributed by atoms with Crippen molar-refractivity contribution in [3.05, 3.63) is 64.2 Å². The summed E-state index contributed by atoms with van der Waals surface area (Å²) in [5, 5.41) is 14.7. The average Bonchev–Trinajstić information content (AvgIpc) is 2.43. The molecule has 3 rings (SSSR count). The molecule has 0 N–H and O–H groups in total. The molecule has 0 fully saturated rings. The summed E-state index contributed by atoms with van der Waals surface area (Å²) < 4.78 is 0. The molecule has 0 saturated heterocycles. The predicted octanol–water partition coefficient (Wildman–Crippen LogP) is 4.46. The first-order valence-corrected chi connectivity index (χ1v) is 6.29. The lowest BCUT2D eigenvalue weighted by Gasteiger charge is -2.06. The second kappa shape index (κ2) is 4.35. The molecule has 3 nitrogen and oxygen atoms in total. The maximum absolute atomic E-state index is 11.4. The van der Waals surface area contributed by atoms with Crippen molar-refractivity contribution in [2.24, 2.45) is 0 Å². The van der Waals surface area contributed by atoms with Gasteiger partial charge in [-0.15, -0.1) is 0 Å². The van der Waals surface area contributed by atoms with Gasteiger partial charge < -0.3 is 0 Å². The Bertz CT molecular complexity index is 793. The number of nitro groups is 1. The van der Waals surface area contributed by atoms with E-state index in [1.54, 1.807) is 0 Å². The van der Waals surface area contributed by atoms with E-state index in [4.69, 9.17) is 0 Å². The second-order valence-electron chi connectivity index (χ2n) is 4.61. The number of hydrogen-bond donors (Lipinski definition) is 0. The zero-order valence-corrected chi connectivity index (χ0v) is 10.6. The van der Waals surface area contributed by atoms with Crippen molar-refractivity contribution >= 4 is 27.2 Å². The number of aryl methyl sites for hydroxylation is 1. The molecule has 94 valence electrons. The van der Waals surface area contributed by atoms with E-state index >= 15 is 0 Å². The van der Waals surface area contributed by atoms with E-state index in [0.29, 0.717) is 5.39 Å². The van der Waals surface area contributed by atoms with Crippen molar-refractivity contribution in [1.82, 2.24) is 0 Å². The van der Waals surface area contributed by atoms with Gasteiger partial charge in [0.05, 0.1) is 15.7 Å². The van der Waals surface area contributed by atoms with E-state index in [0.717, 1.165) is 28.1 Å². The molecule has 0 unspecified atom stereocenters. The fourth-order valence-electron chi connectivity index (χ4n) is 2.50. The summed E-state index contributed by atoms with van der Waals surface area (Å²) in [5.74, 6) is 0. The van der Waals surface area contributed by atoms with Gasteiger partial charge in [0.1, 0.15) is 0 Å². The van der Waals surface area contributed by atoms with Gasteiger partial charge in [0.15, 0.2) is 0 Å². The second-order valence-corrected chi connectivity index (χ2v) is 4.61. The van der Waals surface area contributed by atoms with Gasteiger partial charge in [0, 0.05) is 0 Å². The first kappa shape index (κ1) is 11.7. The van der Waals surface area contributed by atoms with Crippen LogP contribution in [0.4, 0.5) is 5.69 Å². The lowest BCUT2D eigenvalue weighted by molar-refractivity contribution is -0.381. The molecule has 0 spiro atoms. The third-order valence-electron chi connectivity index (χ3n) is 3.49. The quantitative estimate of drug-likeness (QED) is 0.383. The lowest BCUT2D eigenvalue weighted by atomic mass is 9.99. The molecular weight excluding hydrogens is 238 g/mol. The first-order chi connectivity index (χ1) is 9.20. The third kappa shape index (κ3) is 1.83. The fourth-order valence-corrected chi connectivity index (χ4v) is 2.50. The highest BCUT2D eigenvalue weighted by atomic mass is 16.6. The van der Waals surface area contributed by atoms with Gasteiger partial charge in [-0.3, -0.25) is 10.1 Å². The Morgan fingerprint density at radius 1 is 1.00 bits per heavy atom. The monoisotopic (exact) mass is 251 g/mol. The van der Waals surface area contributed by atoms with Gasteiger partial charge in [0.25, 0.3) is 5.69 Å². The average molecular weight is 251 g/mol. The molecule has 0 aliphatic heterocycles. The zero-order chi connectivity index (χ0) is 13.4. The number of nitrogens with zero attached hydrogens (tertiary/aromatic N) is 1. The Morgan fingerprint density at radius 3 is 2.47 bits per heavy atom. The van der Waals surface area contributed by atoms with E-state index in [-0.39, 0.29) is 10.6 Å². The van der Waals surface area contributed by atoms with E-state index in [1.807, 2.05) is 55.5 Å². The number of benzene rings is 3. The minimum atomic E-state index is -0.274. The summed E-state index contributed by atoms with van der Waals surface area (Å²) in [6.07, 6.45) is 0.875. The number of rotatable bonds is 2. The van der Waals surface area contributed by atoms with Crippen molar-refractivity contribution in [3.63, 3.8) is 0 Å². The molecule has 0 aromatic heterocycles. The van der Waals surface area contributed by atoms with Gasteiger partial charge in [-0.1, -0.05) is 37.3 Å². The van der Waals surface area contributed by atoms with Crippen LogP contribution in [0.5, 0.6) is 0 Å². The minimum absolute atomic E-state index is 0.211. The van der Waals surface area contributed by atoms with Crippen LogP contribution >= 0.6 is 0 Å². The molecule has 3 heteroatoms. The van der Waals surface area contributed by atoms with Crippen LogP contribution in [0.15, 0.2) is 48.5 Å². The largest absolute Gasteiger partial charge is 0.284 e. The van der Waals surface area contributed by atoms with Gasteiger partial charge >= 0.3 is 0 Å². The highest BCUT2D eigenvalue weighted by Gasteiger charge is 2.17. The zero-order valence-electron chi connectivity index (χ0n) is 10.6. The van der Waals surface area contributed by atoms with E-state index in [2.05, 4.69) is 0 Å². The Kier molecular flexibility index (Phi) is 2.67. The smallest absolute Gasteiger partial charge is 0.258 e. The van der Waals surface area contributed by atoms with Crippen LogP contribution in [0.1, 0.15) is 12.5 Å². The fraction of sp³-hybridized carbons (Fsp3) is 0.125. The molecule has 0 aliphatic rings. The van der Waals surface area contributed by atoms with E-state index in [1.165, 1.54) is 0 Å². The molecule has 19 heavy (non-hydrogen) atoms. The molecule has 0 radical (unpaired) electrons. The van der Waals surface area contributed by atoms with Crippen LogP contribution < -0.4 is 0 Å². The Balaban J connectivity index is 2.52. The molecule has 0 aliphatic carbocycles. The summed E-state index contributed by atoms with van der Waals surface area (Å²) in [7, 11) is 0. The number of fused-ring (bicyclic) bond motifs is 2. The topological polar surface area (TPSA) is 43.1 Å². The normalized spacial score (nSPS) is 11.0. The predicted molar refractivity (Wildman–Crippen MR) is 77.5 cm³/mol. The summed E-state index contributed by atoms with van der Waals surface area (Å²) in [6.45, 7) is 2.05. The first-order valence-electron chi connectivity index (χ1n) is 6.29. The molecule has 0 bridgehead atoms. The van der Waals surface area contributed by atoms with Gasteiger partial charge in [-0.2, -0.15) is 0 Å². The number of nitro benzene ring substituents is 1. The summed E-state index contributed by atoms with van der Waals surface area (Å²) >= 11 is 0. The Labute approximate surface area is 110 Å². The van der Waals surface area contributed by atoms with Crippen molar-refractivity contribution in [3.8, 4) is 0 Å². The molecule has 0 saturated carbocycles. The maximum atomic E-state index is 11.4. The molecule has 3 aromatic carbocycles. The van der Waals surface area contributed by atoms with Crippen LogP contribution in [-0.4, -0.2) is 4.92 Å². The molecule has 0 atom stereocenters. The Hall–Kier alpha value is -2.42. The van der Waals surface area contributed by atoms with Crippen LogP contribution in [0.2, 0.25) is 0 Å². The van der Waals surface area contributed by atoms with Gasteiger partial charge in [-0.25, -0.2) is 0 Å². The molecule has 0 amide bonds. The minimum Gasteiger partial charge on any atom is -0.258 e. The highest BCUT2D eigenvalue weighted by molar-refractivity contribution is 6.08. The van der Waals surface area contributed by atoms with Crippen LogP contribution in [0.25, 0.3) is 21.5 Å². The molecule has 0 heterocycles. The molecule has 3 aromatic rings. The molecular formula is C16H13NO2. The summed E-state index contributed by atoms with van der Waals surface area (Å²) in [4.78, 5) is 11.2. The standard InChI is InChI=1S/C16H13NO2/c1-2-11-7-8-13-10-12-5-3-4-6-14(12)16(17(18)19)15(13)9-11/h3-10H,2H2,1H3.